The molecule has 0 heterocycles. The van der Waals surface area contributed by atoms with Crippen LogP contribution in [0.4, 0.5) is 5.69 Å². The SMILES string of the molecule is C#Cc1cccc(NC(=O)Cc2ccccc2C)c1. The molecule has 0 aliphatic carbocycles. The van der Waals surface area contributed by atoms with Crippen molar-refractivity contribution in [1.82, 2.24) is 0 Å². The Hall–Kier alpha value is -2.53. The molecule has 94 valence electrons. The van der Waals surface area contributed by atoms with Crippen molar-refractivity contribution in [2.75, 3.05) is 5.32 Å². The van der Waals surface area contributed by atoms with Crippen molar-refractivity contribution < 1.29 is 4.79 Å². The van der Waals surface area contributed by atoms with Gasteiger partial charge in [0, 0.05) is 11.3 Å². The standard InChI is InChI=1S/C17H15NO/c1-3-14-8-6-10-16(11-14)18-17(19)12-15-9-5-4-7-13(15)2/h1,4-11H,12H2,2H3,(H,18,19). The van der Waals surface area contributed by atoms with Gasteiger partial charge in [-0.2, -0.15) is 0 Å². The number of terminal acetylenes is 1. The van der Waals surface area contributed by atoms with Gasteiger partial charge in [-0.15, -0.1) is 6.42 Å². The van der Waals surface area contributed by atoms with E-state index in [1.807, 2.05) is 49.4 Å². The summed E-state index contributed by atoms with van der Waals surface area (Å²) in [6.45, 7) is 2.00. The fraction of sp³-hybridized carbons (Fsp3) is 0.118. The van der Waals surface area contributed by atoms with Crippen LogP contribution in [0.15, 0.2) is 48.5 Å². The first-order chi connectivity index (χ1) is 9.19. The van der Waals surface area contributed by atoms with Gasteiger partial charge in [0.2, 0.25) is 5.91 Å². The first kappa shape index (κ1) is 12.9. The molecule has 0 saturated heterocycles. The molecule has 2 heteroatoms. The lowest BCUT2D eigenvalue weighted by atomic mass is 10.1. The monoisotopic (exact) mass is 249 g/mol. The first-order valence-electron chi connectivity index (χ1n) is 6.10. The van der Waals surface area contributed by atoms with E-state index in [1.54, 1.807) is 6.07 Å². The highest BCUT2D eigenvalue weighted by atomic mass is 16.1. The second-order valence-electron chi connectivity index (χ2n) is 4.38. The molecule has 2 aromatic carbocycles. The smallest absolute Gasteiger partial charge is 0.228 e. The Labute approximate surface area is 113 Å². The van der Waals surface area contributed by atoms with Gasteiger partial charge in [0.05, 0.1) is 6.42 Å². The highest BCUT2D eigenvalue weighted by Gasteiger charge is 2.06. The lowest BCUT2D eigenvalue weighted by Crippen LogP contribution is -2.15. The zero-order chi connectivity index (χ0) is 13.7. The number of nitrogens with one attached hydrogen (secondary N) is 1. The van der Waals surface area contributed by atoms with Gasteiger partial charge in [0.15, 0.2) is 0 Å². The van der Waals surface area contributed by atoms with Crippen LogP contribution in [-0.2, 0) is 11.2 Å². The van der Waals surface area contributed by atoms with E-state index in [0.717, 1.165) is 22.4 Å². The quantitative estimate of drug-likeness (QED) is 0.832. The Morgan fingerprint density at radius 2 is 2.00 bits per heavy atom. The summed E-state index contributed by atoms with van der Waals surface area (Å²) in [5, 5.41) is 2.86. The van der Waals surface area contributed by atoms with Crippen molar-refractivity contribution in [3.8, 4) is 12.3 Å². The predicted molar refractivity (Wildman–Crippen MR) is 77.9 cm³/mol. The van der Waals surface area contributed by atoms with Gasteiger partial charge in [0.25, 0.3) is 0 Å². The second kappa shape index (κ2) is 5.88. The largest absolute Gasteiger partial charge is 0.326 e. The Bertz CT molecular complexity index is 638. The predicted octanol–water partition coefficient (Wildman–Crippen LogP) is 3.16. The van der Waals surface area contributed by atoms with Gasteiger partial charge in [-0.25, -0.2) is 0 Å². The van der Waals surface area contributed by atoms with Crippen LogP contribution >= 0.6 is 0 Å². The van der Waals surface area contributed by atoms with Crippen LogP contribution < -0.4 is 5.32 Å². The fourth-order valence-electron chi connectivity index (χ4n) is 1.87. The second-order valence-corrected chi connectivity index (χ2v) is 4.38. The number of benzene rings is 2. The van der Waals surface area contributed by atoms with Crippen LogP contribution in [-0.4, -0.2) is 5.91 Å². The number of rotatable bonds is 3. The van der Waals surface area contributed by atoms with Crippen molar-refractivity contribution in [1.29, 1.82) is 0 Å². The Morgan fingerprint density at radius 1 is 1.21 bits per heavy atom. The van der Waals surface area contributed by atoms with Gasteiger partial charge in [-0.3, -0.25) is 4.79 Å². The van der Waals surface area contributed by atoms with Gasteiger partial charge in [-0.1, -0.05) is 36.3 Å². The van der Waals surface area contributed by atoms with Crippen molar-refractivity contribution in [2.24, 2.45) is 0 Å². The summed E-state index contributed by atoms with van der Waals surface area (Å²) in [4.78, 5) is 12.0. The third-order valence-corrected chi connectivity index (χ3v) is 2.93. The fourth-order valence-corrected chi connectivity index (χ4v) is 1.87. The number of carbonyl (C=O) groups excluding carboxylic acids is 1. The summed E-state index contributed by atoms with van der Waals surface area (Å²) in [5.74, 6) is 2.51. The molecule has 2 nitrogen and oxygen atoms in total. The highest BCUT2D eigenvalue weighted by Crippen LogP contribution is 2.12. The minimum Gasteiger partial charge on any atom is -0.326 e. The summed E-state index contributed by atoms with van der Waals surface area (Å²) in [6.07, 6.45) is 5.70. The van der Waals surface area contributed by atoms with Crippen LogP contribution in [0.1, 0.15) is 16.7 Å². The molecule has 1 N–H and O–H groups in total. The normalized spacial score (nSPS) is 9.68. The van der Waals surface area contributed by atoms with Crippen molar-refractivity contribution in [2.45, 2.75) is 13.3 Å². The van der Waals surface area contributed by atoms with Crippen LogP contribution in [0, 0.1) is 19.3 Å². The minimum absolute atomic E-state index is 0.0385. The number of amides is 1. The molecule has 2 aromatic rings. The van der Waals surface area contributed by atoms with Gasteiger partial charge < -0.3 is 5.32 Å². The molecule has 0 atom stereocenters. The number of hydrogen-bond donors (Lipinski definition) is 1. The van der Waals surface area contributed by atoms with E-state index in [-0.39, 0.29) is 5.91 Å². The van der Waals surface area contributed by atoms with Crippen molar-refractivity contribution >= 4 is 11.6 Å². The van der Waals surface area contributed by atoms with E-state index in [1.165, 1.54) is 0 Å². The maximum Gasteiger partial charge on any atom is 0.228 e. The topological polar surface area (TPSA) is 29.1 Å². The van der Waals surface area contributed by atoms with E-state index in [0.29, 0.717) is 6.42 Å². The summed E-state index contributed by atoms with van der Waals surface area (Å²) in [6, 6.07) is 15.2. The van der Waals surface area contributed by atoms with Crippen LogP contribution in [0.3, 0.4) is 0 Å². The molecule has 0 unspecified atom stereocenters. The summed E-state index contributed by atoms with van der Waals surface area (Å²) < 4.78 is 0. The van der Waals surface area contributed by atoms with Crippen LogP contribution in [0.25, 0.3) is 0 Å². The zero-order valence-electron chi connectivity index (χ0n) is 10.8. The lowest BCUT2D eigenvalue weighted by molar-refractivity contribution is -0.115. The highest BCUT2D eigenvalue weighted by molar-refractivity contribution is 5.92. The first-order valence-corrected chi connectivity index (χ1v) is 6.10. The summed E-state index contributed by atoms with van der Waals surface area (Å²) in [5.41, 5.74) is 3.64. The minimum atomic E-state index is -0.0385. The average Bonchev–Trinajstić information content (AvgIpc) is 2.41. The van der Waals surface area contributed by atoms with E-state index in [4.69, 9.17) is 6.42 Å². The van der Waals surface area contributed by atoms with Crippen molar-refractivity contribution in [3.05, 3.63) is 65.2 Å². The molecule has 0 spiro atoms. The Kier molecular flexibility index (Phi) is 4.00. The number of hydrogen-bond acceptors (Lipinski definition) is 1. The van der Waals surface area contributed by atoms with E-state index in [2.05, 4.69) is 11.2 Å². The molecule has 0 aromatic heterocycles. The Morgan fingerprint density at radius 3 is 2.74 bits per heavy atom. The molecule has 1 amide bonds. The molecule has 0 fully saturated rings. The van der Waals surface area contributed by atoms with Gasteiger partial charge in [-0.05, 0) is 36.2 Å². The van der Waals surface area contributed by atoms with E-state index < -0.39 is 0 Å². The average molecular weight is 249 g/mol. The maximum atomic E-state index is 12.0. The Balaban J connectivity index is 2.06. The lowest BCUT2D eigenvalue weighted by Gasteiger charge is -2.07. The summed E-state index contributed by atoms with van der Waals surface area (Å²) >= 11 is 0. The maximum absolute atomic E-state index is 12.0. The molecular weight excluding hydrogens is 234 g/mol. The number of anilines is 1. The molecule has 0 radical (unpaired) electrons. The molecular formula is C17H15NO. The van der Waals surface area contributed by atoms with Crippen LogP contribution in [0.2, 0.25) is 0 Å². The number of carbonyl (C=O) groups is 1. The van der Waals surface area contributed by atoms with Crippen molar-refractivity contribution in [3.63, 3.8) is 0 Å². The molecule has 0 bridgehead atoms. The molecule has 19 heavy (non-hydrogen) atoms. The third kappa shape index (κ3) is 3.46. The molecule has 0 aliphatic rings. The van der Waals surface area contributed by atoms with E-state index in [9.17, 15) is 4.79 Å². The molecule has 0 aliphatic heterocycles. The zero-order valence-corrected chi connectivity index (χ0v) is 10.8. The number of aryl methyl sites for hydroxylation is 1. The third-order valence-electron chi connectivity index (χ3n) is 2.93. The molecule has 2 rings (SSSR count). The summed E-state index contributed by atoms with van der Waals surface area (Å²) in [7, 11) is 0. The van der Waals surface area contributed by atoms with Gasteiger partial charge >= 0.3 is 0 Å². The van der Waals surface area contributed by atoms with Gasteiger partial charge in [0.1, 0.15) is 0 Å². The van der Waals surface area contributed by atoms with Crippen LogP contribution in [0.5, 0.6) is 0 Å². The van der Waals surface area contributed by atoms with E-state index >= 15 is 0 Å². The molecule has 0 saturated carbocycles.